The SMILES string of the molecule is [CH2]CNc1c[nH]c2ccccc12. The minimum absolute atomic E-state index is 0.710. The maximum atomic E-state index is 3.74. The van der Waals surface area contributed by atoms with Gasteiger partial charge < -0.3 is 10.3 Å². The Morgan fingerprint density at radius 3 is 3.00 bits per heavy atom. The van der Waals surface area contributed by atoms with E-state index in [-0.39, 0.29) is 0 Å². The molecule has 0 saturated carbocycles. The highest BCUT2D eigenvalue weighted by Crippen LogP contribution is 2.21. The third kappa shape index (κ3) is 1.05. The summed E-state index contributed by atoms with van der Waals surface area (Å²) in [5.74, 6) is 0. The molecule has 61 valence electrons. The van der Waals surface area contributed by atoms with E-state index >= 15 is 0 Å². The number of fused-ring (bicyclic) bond motifs is 1. The Morgan fingerprint density at radius 2 is 2.17 bits per heavy atom. The van der Waals surface area contributed by atoms with E-state index in [1.807, 2.05) is 18.3 Å². The summed E-state index contributed by atoms with van der Waals surface area (Å²) in [6, 6.07) is 8.20. The van der Waals surface area contributed by atoms with E-state index in [0.717, 1.165) is 11.2 Å². The number of H-pyrrole nitrogens is 1. The molecule has 0 aliphatic rings. The Morgan fingerprint density at radius 1 is 1.33 bits per heavy atom. The fourth-order valence-corrected chi connectivity index (χ4v) is 1.35. The normalized spacial score (nSPS) is 10.4. The summed E-state index contributed by atoms with van der Waals surface area (Å²) in [5, 5.41) is 4.41. The van der Waals surface area contributed by atoms with Crippen LogP contribution in [-0.2, 0) is 0 Å². The number of nitrogens with one attached hydrogen (secondary N) is 2. The van der Waals surface area contributed by atoms with E-state index in [4.69, 9.17) is 0 Å². The predicted molar refractivity (Wildman–Crippen MR) is 52.1 cm³/mol. The first-order chi connectivity index (χ1) is 5.92. The largest absolute Gasteiger partial charge is 0.383 e. The lowest BCUT2D eigenvalue weighted by atomic mass is 10.2. The Bertz CT molecular complexity index is 376. The molecule has 2 rings (SSSR count). The van der Waals surface area contributed by atoms with Gasteiger partial charge >= 0.3 is 0 Å². The first-order valence-corrected chi connectivity index (χ1v) is 4.01. The lowest BCUT2D eigenvalue weighted by Crippen LogP contribution is -1.94. The number of hydrogen-bond donors (Lipinski definition) is 2. The first-order valence-electron chi connectivity index (χ1n) is 4.01. The van der Waals surface area contributed by atoms with E-state index < -0.39 is 0 Å². The van der Waals surface area contributed by atoms with Crippen LogP contribution in [0.2, 0.25) is 0 Å². The van der Waals surface area contributed by atoms with Gasteiger partial charge in [0, 0.05) is 23.6 Å². The molecule has 2 aromatic rings. The topological polar surface area (TPSA) is 27.8 Å². The zero-order valence-electron chi connectivity index (χ0n) is 6.80. The number of hydrogen-bond acceptors (Lipinski definition) is 1. The molecular formula is C10H11N2. The predicted octanol–water partition coefficient (Wildman–Crippen LogP) is 2.41. The minimum atomic E-state index is 0.710. The third-order valence-electron chi connectivity index (χ3n) is 1.90. The molecule has 1 aromatic heterocycles. The van der Waals surface area contributed by atoms with E-state index in [0.29, 0.717) is 6.54 Å². The van der Waals surface area contributed by atoms with Crippen molar-refractivity contribution in [3.63, 3.8) is 0 Å². The summed E-state index contributed by atoms with van der Waals surface area (Å²) in [4.78, 5) is 3.18. The molecule has 0 unspecified atom stereocenters. The number of rotatable bonds is 2. The molecule has 0 aliphatic heterocycles. The van der Waals surface area contributed by atoms with E-state index in [1.165, 1.54) is 5.39 Å². The van der Waals surface area contributed by atoms with Crippen molar-refractivity contribution in [2.75, 3.05) is 11.9 Å². The zero-order chi connectivity index (χ0) is 8.39. The Labute approximate surface area is 71.6 Å². The van der Waals surface area contributed by atoms with Crippen molar-refractivity contribution >= 4 is 16.6 Å². The average Bonchev–Trinajstić information content (AvgIpc) is 2.50. The maximum Gasteiger partial charge on any atom is 0.0597 e. The molecular weight excluding hydrogens is 148 g/mol. The van der Waals surface area contributed by atoms with E-state index in [9.17, 15) is 0 Å². The molecule has 0 bridgehead atoms. The number of benzene rings is 1. The molecule has 0 amide bonds. The average molecular weight is 159 g/mol. The molecule has 1 radical (unpaired) electrons. The van der Waals surface area contributed by atoms with Crippen LogP contribution in [0.1, 0.15) is 0 Å². The summed E-state index contributed by atoms with van der Waals surface area (Å²) < 4.78 is 0. The molecule has 2 nitrogen and oxygen atoms in total. The summed E-state index contributed by atoms with van der Waals surface area (Å²) in [6.45, 7) is 4.45. The molecule has 0 aliphatic carbocycles. The highest BCUT2D eigenvalue weighted by atomic mass is 14.9. The molecule has 0 atom stereocenters. The minimum Gasteiger partial charge on any atom is -0.383 e. The van der Waals surface area contributed by atoms with Gasteiger partial charge in [0.2, 0.25) is 0 Å². The fourth-order valence-electron chi connectivity index (χ4n) is 1.35. The smallest absolute Gasteiger partial charge is 0.0597 e. The summed E-state index contributed by atoms with van der Waals surface area (Å²) in [5.41, 5.74) is 2.29. The van der Waals surface area contributed by atoms with Crippen LogP contribution in [0.3, 0.4) is 0 Å². The second-order valence-electron chi connectivity index (χ2n) is 2.67. The van der Waals surface area contributed by atoms with Crippen LogP contribution < -0.4 is 5.32 Å². The van der Waals surface area contributed by atoms with Crippen molar-refractivity contribution in [2.45, 2.75) is 0 Å². The second-order valence-corrected chi connectivity index (χ2v) is 2.67. The number of aromatic amines is 1. The van der Waals surface area contributed by atoms with Gasteiger partial charge in [0.25, 0.3) is 0 Å². The van der Waals surface area contributed by atoms with Gasteiger partial charge in [0.1, 0.15) is 0 Å². The lowest BCUT2D eigenvalue weighted by Gasteiger charge is -1.98. The van der Waals surface area contributed by atoms with Gasteiger partial charge in [0.05, 0.1) is 5.69 Å². The van der Waals surface area contributed by atoms with Gasteiger partial charge in [-0.05, 0) is 13.0 Å². The maximum absolute atomic E-state index is 3.74. The molecule has 1 aromatic carbocycles. The molecule has 0 spiro atoms. The zero-order valence-corrected chi connectivity index (χ0v) is 6.80. The monoisotopic (exact) mass is 159 g/mol. The van der Waals surface area contributed by atoms with Gasteiger partial charge in [-0.15, -0.1) is 0 Å². The number of anilines is 1. The van der Waals surface area contributed by atoms with Crippen molar-refractivity contribution < 1.29 is 0 Å². The molecule has 2 N–H and O–H groups in total. The summed E-state index contributed by atoms with van der Waals surface area (Å²) in [7, 11) is 0. The highest BCUT2D eigenvalue weighted by Gasteiger charge is 1.99. The number of aromatic nitrogens is 1. The third-order valence-corrected chi connectivity index (χ3v) is 1.90. The van der Waals surface area contributed by atoms with Crippen LogP contribution >= 0.6 is 0 Å². The Kier molecular flexibility index (Phi) is 1.74. The van der Waals surface area contributed by atoms with Crippen molar-refractivity contribution in [1.82, 2.24) is 4.98 Å². The summed E-state index contributed by atoms with van der Waals surface area (Å²) >= 11 is 0. The van der Waals surface area contributed by atoms with Crippen LogP contribution in [-0.4, -0.2) is 11.5 Å². The van der Waals surface area contributed by atoms with Crippen LogP contribution in [0, 0.1) is 6.92 Å². The van der Waals surface area contributed by atoms with Gasteiger partial charge in [-0.3, -0.25) is 0 Å². The van der Waals surface area contributed by atoms with E-state index in [2.05, 4.69) is 29.4 Å². The van der Waals surface area contributed by atoms with Gasteiger partial charge in [-0.25, -0.2) is 0 Å². The van der Waals surface area contributed by atoms with Crippen LogP contribution in [0.5, 0.6) is 0 Å². The lowest BCUT2D eigenvalue weighted by molar-refractivity contribution is 1.34. The summed E-state index contributed by atoms with van der Waals surface area (Å²) in [6.07, 6.45) is 1.97. The fraction of sp³-hybridized carbons (Fsp3) is 0.100. The highest BCUT2D eigenvalue weighted by molar-refractivity contribution is 5.92. The molecule has 12 heavy (non-hydrogen) atoms. The van der Waals surface area contributed by atoms with Gasteiger partial charge in [-0.2, -0.15) is 0 Å². The van der Waals surface area contributed by atoms with Crippen LogP contribution in [0.15, 0.2) is 30.5 Å². The first kappa shape index (κ1) is 7.22. The van der Waals surface area contributed by atoms with Crippen molar-refractivity contribution in [1.29, 1.82) is 0 Å². The molecule has 2 heteroatoms. The number of para-hydroxylation sites is 1. The Balaban J connectivity index is 2.55. The van der Waals surface area contributed by atoms with E-state index in [1.54, 1.807) is 0 Å². The van der Waals surface area contributed by atoms with Crippen molar-refractivity contribution in [2.24, 2.45) is 0 Å². The Hall–Kier alpha value is -1.44. The van der Waals surface area contributed by atoms with Crippen molar-refractivity contribution in [3.05, 3.63) is 37.4 Å². The quantitative estimate of drug-likeness (QED) is 0.692. The molecule has 1 heterocycles. The van der Waals surface area contributed by atoms with Crippen molar-refractivity contribution in [3.8, 4) is 0 Å². The standard InChI is InChI=1S/C10H11N2/c1-2-11-10-7-12-9-6-4-3-5-8(9)10/h3-7,11-12H,1-2H2. The van der Waals surface area contributed by atoms with Gasteiger partial charge in [0.15, 0.2) is 0 Å². The molecule has 0 saturated heterocycles. The van der Waals surface area contributed by atoms with Crippen LogP contribution in [0.4, 0.5) is 5.69 Å². The molecule has 0 fully saturated rings. The van der Waals surface area contributed by atoms with Crippen LogP contribution in [0.25, 0.3) is 10.9 Å². The second kappa shape index (κ2) is 2.89. The van der Waals surface area contributed by atoms with Gasteiger partial charge in [-0.1, -0.05) is 18.2 Å².